The Morgan fingerprint density at radius 2 is 2.25 bits per heavy atom. The van der Waals surface area contributed by atoms with Crippen LogP contribution in [0.25, 0.3) is 0 Å². The van der Waals surface area contributed by atoms with Gasteiger partial charge in [0.25, 0.3) is 0 Å². The summed E-state index contributed by atoms with van der Waals surface area (Å²) in [4.78, 5) is 4.28. The number of hydrogen-bond donors (Lipinski definition) is 1. The summed E-state index contributed by atoms with van der Waals surface area (Å²) in [5.74, 6) is 1.94. The average Bonchev–Trinajstić information content (AvgIpc) is 2.85. The maximum Gasteiger partial charge on any atom is 0.119 e. The Balaban J connectivity index is 1.86. The first-order valence-electron chi connectivity index (χ1n) is 7.12. The molecule has 1 heterocycles. The first-order valence-corrected chi connectivity index (χ1v) is 7.12. The number of hydrogen-bond acceptors (Lipinski definition) is 3. The third-order valence-electron chi connectivity index (χ3n) is 3.44. The third-order valence-corrected chi connectivity index (χ3v) is 3.44. The Labute approximate surface area is 120 Å². The summed E-state index contributed by atoms with van der Waals surface area (Å²) < 4.78 is 7.81. The van der Waals surface area contributed by atoms with E-state index in [1.165, 1.54) is 5.56 Å². The molecule has 20 heavy (non-hydrogen) atoms. The molecule has 108 valence electrons. The van der Waals surface area contributed by atoms with Crippen LogP contribution in [0.3, 0.4) is 0 Å². The number of nitrogens with zero attached hydrogens (tertiary/aromatic N) is 2. The Morgan fingerprint density at radius 3 is 2.95 bits per heavy atom. The van der Waals surface area contributed by atoms with Gasteiger partial charge in [-0.3, -0.25) is 0 Å². The molecule has 0 bridgehead atoms. The van der Waals surface area contributed by atoms with Crippen molar-refractivity contribution in [2.75, 3.05) is 6.61 Å². The maximum atomic E-state index is 5.98. The number of rotatable bonds is 7. The van der Waals surface area contributed by atoms with Gasteiger partial charge in [-0.25, -0.2) is 4.98 Å². The third kappa shape index (κ3) is 4.10. The molecule has 0 radical (unpaired) electrons. The lowest BCUT2D eigenvalue weighted by molar-refractivity contribution is 0.317. The zero-order valence-electron chi connectivity index (χ0n) is 12.2. The molecule has 0 spiro atoms. The van der Waals surface area contributed by atoms with Gasteiger partial charge >= 0.3 is 0 Å². The lowest BCUT2D eigenvalue weighted by Crippen LogP contribution is -2.21. The highest BCUT2D eigenvalue weighted by Crippen LogP contribution is 2.15. The van der Waals surface area contributed by atoms with Crippen LogP contribution >= 0.6 is 0 Å². The van der Waals surface area contributed by atoms with E-state index in [1.54, 1.807) is 0 Å². The van der Waals surface area contributed by atoms with Gasteiger partial charge in [0.2, 0.25) is 0 Å². The fourth-order valence-corrected chi connectivity index (χ4v) is 2.11. The van der Waals surface area contributed by atoms with Crippen LogP contribution in [0.2, 0.25) is 0 Å². The zero-order valence-corrected chi connectivity index (χ0v) is 12.2. The summed E-state index contributed by atoms with van der Waals surface area (Å²) in [5, 5.41) is 0. The van der Waals surface area contributed by atoms with E-state index in [2.05, 4.69) is 24.0 Å². The van der Waals surface area contributed by atoms with Crippen molar-refractivity contribution in [1.29, 1.82) is 0 Å². The van der Waals surface area contributed by atoms with E-state index in [-0.39, 0.29) is 6.04 Å². The van der Waals surface area contributed by atoms with Crippen molar-refractivity contribution in [3.8, 4) is 5.75 Å². The summed E-state index contributed by atoms with van der Waals surface area (Å²) in [6.07, 6.45) is 6.45. The highest BCUT2D eigenvalue weighted by Gasteiger charge is 2.04. The normalized spacial score (nSPS) is 12.3. The van der Waals surface area contributed by atoms with Crippen LogP contribution in [-0.2, 0) is 19.9 Å². The summed E-state index contributed by atoms with van der Waals surface area (Å²) >= 11 is 0. The van der Waals surface area contributed by atoms with E-state index in [4.69, 9.17) is 10.5 Å². The van der Waals surface area contributed by atoms with Crippen LogP contribution in [-0.4, -0.2) is 22.2 Å². The van der Waals surface area contributed by atoms with Crippen LogP contribution in [0.4, 0.5) is 0 Å². The van der Waals surface area contributed by atoms with Crippen molar-refractivity contribution in [1.82, 2.24) is 9.55 Å². The second kappa shape index (κ2) is 7.10. The summed E-state index contributed by atoms with van der Waals surface area (Å²) in [6, 6.07) is 8.40. The molecule has 1 aromatic heterocycles. The van der Waals surface area contributed by atoms with Crippen LogP contribution < -0.4 is 10.5 Å². The molecule has 1 unspecified atom stereocenters. The Morgan fingerprint density at radius 1 is 1.40 bits per heavy atom. The predicted octanol–water partition coefficient (Wildman–Crippen LogP) is 2.32. The topological polar surface area (TPSA) is 53.1 Å². The second-order valence-electron chi connectivity index (χ2n) is 5.07. The number of aryl methyl sites for hydroxylation is 1. The van der Waals surface area contributed by atoms with Gasteiger partial charge in [0.15, 0.2) is 0 Å². The molecular weight excluding hydrogens is 250 g/mol. The largest absolute Gasteiger partial charge is 0.493 e. The summed E-state index contributed by atoms with van der Waals surface area (Å²) in [6.45, 7) is 2.74. The van der Waals surface area contributed by atoms with Crippen molar-refractivity contribution >= 4 is 0 Å². The highest BCUT2D eigenvalue weighted by molar-refractivity contribution is 5.29. The van der Waals surface area contributed by atoms with Gasteiger partial charge in [-0.1, -0.05) is 19.1 Å². The fraction of sp³-hybridized carbons (Fsp3) is 0.438. The smallest absolute Gasteiger partial charge is 0.119 e. The van der Waals surface area contributed by atoms with E-state index >= 15 is 0 Å². The first-order chi connectivity index (χ1) is 9.69. The van der Waals surface area contributed by atoms with Crippen LogP contribution in [0.5, 0.6) is 5.75 Å². The minimum Gasteiger partial charge on any atom is -0.493 e. The van der Waals surface area contributed by atoms with Crippen molar-refractivity contribution in [2.24, 2.45) is 12.8 Å². The number of imidazole rings is 1. The van der Waals surface area contributed by atoms with Gasteiger partial charge in [-0.15, -0.1) is 0 Å². The van der Waals surface area contributed by atoms with Gasteiger partial charge in [-0.2, -0.15) is 0 Å². The van der Waals surface area contributed by atoms with Gasteiger partial charge in [0.05, 0.1) is 6.61 Å². The van der Waals surface area contributed by atoms with Crippen molar-refractivity contribution in [3.63, 3.8) is 0 Å². The SMILES string of the molecule is CCC(N)Cc1cccc(OCCc2nccn2C)c1. The van der Waals surface area contributed by atoms with Crippen molar-refractivity contribution in [2.45, 2.75) is 32.2 Å². The van der Waals surface area contributed by atoms with Crippen molar-refractivity contribution in [3.05, 3.63) is 48.0 Å². The zero-order chi connectivity index (χ0) is 14.4. The van der Waals surface area contributed by atoms with Crippen LogP contribution in [0, 0.1) is 0 Å². The van der Waals surface area contributed by atoms with Gasteiger partial charge in [0, 0.05) is 31.9 Å². The number of benzene rings is 1. The molecule has 0 amide bonds. The van der Waals surface area contributed by atoms with E-state index in [9.17, 15) is 0 Å². The molecule has 0 fully saturated rings. The monoisotopic (exact) mass is 273 g/mol. The molecule has 0 aliphatic carbocycles. The highest BCUT2D eigenvalue weighted by atomic mass is 16.5. The van der Waals surface area contributed by atoms with Gasteiger partial charge in [-0.05, 0) is 30.5 Å². The van der Waals surface area contributed by atoms with Crippen LogP contribution in [0.1, 0.15) is 24.7 Å². The number of nitrogens with two attached hydrogens (primary N) is 1. The number of aromatic nitrogens is 2. The average molecular weight is 273 g/mol. The summed E-state index contributed by atoms with van der Waals surface area (Å²) in [7, 11) is 2.00. The molecular formula is C16H23N3O. The molecule has 1 atom stereocenters. The van der Waals surface area contributed by atoms with Crippen molar-refractivity contribution < 1.29 is 4.74 Å². The molecule has 1 aromatic carbocycles. The Bertz CT molecular complexity index is 536. The fourth-order valence-electron chi connectivity index (χ4n) is 2.11. The predicted molar refractivity (Wildman–Crippen MR) is 80.8 cm³/mol. The lowest BCUT2D eigenvalue weighted by Gasteiger charge is -2.11. The maximum absolute atomic E-state index is 5.98. The van der Waals surface area contributed by atoms with Crippen LogP contribution in [0.15, 0.2) is 36.7 Å². The van der Waals surface area contributed by atoms with E-state index < -0.39 is 0 Å². The standard InChI is InChI=1S/C16H23N3O/c1-3-14(17)11-13-5-4-6-15(12-13)20-10-7-16-18-8-9-19(16)2/h4-6,8-9,12,14H,3,7,10-11,17H2,1-2H3. The lowest BCUT2D eigenvalue weighted by atomic mass is 10.0. The Hall–Kier alpha value is -1.81. The molecule has 0 saturated carbocycles. The molecule has 2 N–H and O–H groups in total. The second-order valence-corrected chi connectivity index (χ2v) is 5.07. The van der Waals surface area contributed by atoms with E-state index in [0.717, 1.165) is 30.8 Å². The minimum atomic E-state index is 0.220. The Kier molecular flexibility index (Phi) is 5.18. The minimum absolute atomic E-state index is 0.220. The molecule has 0 aliphatic heterocycles. The molecule has 4 heteroatoms. The first kappa shape index (κ1) is 14.6. The van der Waals surface area contributed by atoms with Gasteiger partial charge in [0.1, 0.15) is 11.6 Å². The van der Waals surface area contributed by atoms with E-state index in [1.807, 2.05) is 36.1 Å². The van der Waals surface area contributed by atoms with Gasteiger partial charge < -0.3 is 15.0 Å². The molecule has 2 rings (SSSR count). The quantitative estimate of drug-likeness (QED) is 0.842. The van der Waals surface area contributed by atoms with E-state index in [0.29, 0.717) is 6.61 Å². The number of ether oxygens (including phenoxy) is 1. The molecule has 2 aromatic rings. The summed E-state index contributed by atoms with van der Waals surface area (Å²) in [5.41, 5.74) is 7.21. The molecule has 0 saturated heterocycles. The molecule has 0 aliphatic rings. The molecule has 4 nitrogen and oxygen atoms in total.